The van der Waals surface area contributed by atoms with E-state index in [1.54, 1.807) is 94.4 Å². The molecule has 1 aromatic heterocycles. The van der Waals surface area contributed by atoms with Crippen LogP contribution in [0.1, 0.15) is 114 Å². The first kappa shape index (κ1) is 60.7. The van der Waals surface area contributed by atoms with Gasteiger partial charge in [0.05, 0.1) is 6.04 Å². The number of esters is 1. The van der Waals surface area contributed by atoms with Gasteiger partial charge in [-0.2, -0.15) is 4.73 Å². The Bertz CT molecular complexity index is 2750. The minimum Gasteiger partial charge on any atom is -0.458 e. The van der Waals surface area contributed by atoms with Gasteiger partial charge in [-0.1, -0.05) is 124 Å². The largest absolute Gasteiger partial charge is 0.458 e. The van der Waals surface area contributed by atoms with Gasteiger partial charge in [0.15, 0.2) is 6.29 Å². The molecule has 4 aliphatic rings. The summed E-state index contributed by atoms with van der Waals surface area (Å²) >= 11 is 6.01. The number of carbonyl (C=O) groups excluding carboxylic acids is 8. The van der Waals surface area contributed by atoms with E-state index in [1.165, 1.54) is 24.0 Å². The van der Waals surface area contributed by atoms with Crippen molar-refractivity contribution < 1.29 is 68.9 Å². The molecule has 7 rings (SSSR count). The van der Waals surface area contributed by atoms with Crippen molar-refractivity contribution in [1.29, 1.82) is 0 Å². The van der Waals surface area contributed by atoms with Gasteiger partial charge in [0, 0.05) is 24.3 Å². The lowest BCUT2D eigenvalue weighted by Gasteiger charge is -2.34. The summed E-state index contributed by atoms with van der Waals surface area (Å²) in [5, 5.41) is 66.6. The Morgan fingerprint density at radius 3 is 1.91 bits per heavy atom. The lowest BCUT2D eigenvalue weighted by molar-refractivity contribution is -0.316. The summed E-state index contributed by atoms with van der Waals surface area (Å²) in [4.78, 5) is 120. The molecule has 3 aromatic rings. The first-order valence-electron chi connectivity index (χ1n) is 27.2. The minimum atomic E-state index is -1.88. The van der Waals surface area contributed by atoms with E-state index in [4.69, 9.17) is 16.3 Å². The average Bonchev–Trinajstić information content (AvgIpc) is 4.33. The van der Waals surface area contributed by atoms with E-state index in [0.29, 0.717) is 22.3 Å². The predicted octanol–water partition coefficient (Wildman–Crippen LogP) is 2.49. The van der Waals surface area contributed by atoms with E-state index in [2.05, 4.69) is 31.9 Å². The van der Waals surface area contributed by atoms with Gasteiger partial charge in [0.1, 0.15) is 59.2 Å². The van der Waals surface area contributed by atoms with Crippen LogP contribution in [0.25, 0.3) is 0 Å². The molecule has 11 N–H and O–H groups in total. The molecule has 2 aliphatic carbocycles. The van der Waals surface area contributed by atoms with Crippen LogP contribution >= 0.6 is 11.6 Å². The molecular formula is C56H74ClN9O14. The van der Waals surface area contributed by atoms with E-state index in [-0.39, 0.29) is 60.6 Å². The molecule has 0 radical (unpaired) electrons. The van der Waals surface area contributed by atoms with E-state index in [0.717, 1.165) is 0 Å². The first-order chi connectivity index (χ1) is 38.0. The van der Waals surface area contributed by atoms with Crippen molar-refractivity contribution >= 4 is 58.9 Å². The smallest absolute Gasteiger partial charge is 0.329 e. The van der Waals surface area contributed by atoms with Crippen molar-refractivity contribution in [3.05, 3.63) is 107 Å². The number of amides is 7. The molecule has 0 bridgehead atoms. The monoisotopic (exact) mass is 1130 g/mol. The van der Waals surface area contributed by atoms with Crippen molar-refractivity contribution in [2.24, 2.45) is 29.6 Å². The maximum atomic E-state index is 15.2. The molecule has 2 aromatic carbocycles. The Kier molecular flexibility index (Phi) is 20.2. The predicted molar refractivity (Wildman–Crippen MR) is 287 cm³/mol. The third-order valence-corrected chi connectivity index (χ3v) is 16.5. The third kappa shape index (κ3) is 14.5. The lowest BCUT2D eigenvalue weighted by atomic mass is 9.90. The Morgan fingerprint density at radius 2 is 1.39 bits per heavy atom. The Hall–Kier alpha value is -6.89. The number of allylic oxidation sites excluding steroid dienone is 1. The Labute approximate surface area is 468 Å². The van der Waals surface area contributed by atoms with Crippen molar-refractivity contribution in [3.8, 4) is 0 Å². The average molecular weight is 1130 g/mol. The first-order valence-corrected chi connectivity index (χ1v) is 27.6. The zero-order chi connectivity index (χ0) is 58.3. The number of nitrogens with zero attached hydrogens (tertiary/aromatic N) is 3. The summed E-state index contributed by atoms with van der Waals surface area (Å²) in [5.41, 5.74) is 0.817. The number of hydrogen-bond donors (Lipinski definition) is 11. The molecule has 3 heterocycles. The highest BCUT2D eigenvalue weighted by atomic mass is 35.5. The van der Waals surface area contributed by atoms with Crippen molar-refractivity contribution in [1.82, 2.24) is 46.8 Å². The number of halogens is 1. The fraction of sp³-hybridized carbons (Fsp3) is 0.536. The highest BCUT2D eigenvalue weighted by Crippen LogP contribution is 2.44. The highest BCUT2D eigenvalue weighted by Gasteiger charge is 2.49. The zero-order valence-electron chi connectivity index (χ0n) is 45.5. The molecule has 16 atom stereocenters. The van der Waals surface area contributed by atoms with Crippen molar-refractivity contribution in [2.75, 3.05) is 6.54 Å². The van der Waals surface area contributed by atoms with E-state index < -0.39 is 144 Å². The van der Waals surface area contributed by atoms with Crippen molar-refractivity contribution in [2.45, 2.75) is 153 Å². The molecule has 2 saturated carbocycles. The quantitative estimate of drug-likeness (QED) is 0.0304. The van der Waals surface area contributed by atoms with Crippen LogP contribution in [0, 0.1) is 29.6 Å². The summed E-state index contributed by atoms with van der Waals surface area (Å²) in [6, 6.07) is 8.59. The van der Waals surface area contributed by atoms with Gasteiger partial charge >= 0.3 is 5.97 Å². The second-order valence-corrected chi connectivity index (χ2v) is 22.2. The fourth-order valence-electron chi connectivity index (χ4n) is 10.9. The molecule has 23 nitrogen and oxygen atoms in total. The SMILES string of the molecule is C/C=C/C1CC2C(=O)OC(C)C(NC(=O)C(CC3CC3C(O)O)NC(=O)c3ccc(Cl)n3O)C(=O)NC(C(C)c3ccccc3)C(=O)NC(CC3CC3N(O)O)C(=O)NC(C(C)c3ccccc3)C(=O)NC(C(C)CC)C(=O)N2C1. The molecule has 7 amide bonds. The van der Waals surface area contributed by atoms with Gasteiger partial charge in [-0.05, 0) is 92.9 Å². The van der Waals surface area contributed by atoms with Gasteiger partial charge in [-0.15, -0.1) is 0 Å². The number of ether oxygens (including phenoxy) is 1. The molecule has 0 spiro atoms. The van der Waals surface area contributed by atoms with Crippen LogP contribution < -0.4 is 31.9 Å². The van der Waals surface area contributed by atoms with Crippen LogP contribution in [0.15, 0.2) is 84.9 Å². The van der Waals surface area contributed by atoms with Gasteiger partial charge in [0.25, 0.3) is 5.91 Å². The van der Waals surface area contributed by atoms with E-state index in [1.807, 2.05) is 13.0 Å². The van der Waals surface area contributed by atoms with Crippen LogP contribution in [0.3, 0.4) is 0 Å². The van der Waals surface area contributed by atoms with E-state index >= 15 is 14.4 Å². The molecular weight excluding hydrogens is 1060 g/mol. The molecule has 4 fully saturated rings. The lowest BCUT2D eigenvalue weighted by Crippen LogP contribution is -2.62. The summed E-state index contributed by atoms with van der Waals surface area (Å²) < 4.78 is 6.50. The number of hydroxylamine groups is 2. The molecule has 80 heavy (non-hydrogen) atoms. The third-order valence-electron chi connectivity index (χ3n) is 16.2. The number of aromatic nitrogens is 1. The number of rotatable bonds is 17. The summed E-state index contributed by atoms with van der Waals surface area (Å²) in [6.45, 7) is 10.0. The summed E-state index contributed by atoms with van der Waals surface area (Å²) in [7, 11) is 0. The maximum absolute atomic E-state index is 15.2. The molecule has 2 saturated heterocycles. The number of fused-ring (bicyclic) bond motifs is 1. The number of benzene rings is 2. The van der Waals surface area contributed by atoms with Gasteiger partial charge < -0.3 is 57.0 Å². The Balaban J connectivity index is 1.33. The normalized spacial score (nSPS) is 29.4. The summed E-state index contributed by atoms with van der Waals surface area (Å²) in [6.07, 6.45) is 0.779. The number of hydrogen-bond acceptors (Lipinski definition) is 15. The molecule has 24 heteroatoms. The zero-order valence-corrected chi connectivity index (χ0v) is 46.2. The van der Waals surface area contributed by atoms with Crippen LogP contribution in [0.5, 0.6) is 0 Å². The second-order valence-electron chi connectivity index (χ2n) is 21.8. The van der Waals surface area contributed by atoms with Crippen LogP contribution in [0.2, 0.25) is 5.15 Å². The van der Waals surface area contributed by atoms with Crippen molar-refractivity contribution in [3.63, 3.8) is 0 Å². The number of carbonyl (C=O) groups is 8. The van der Waals surface area contributed by atoms with E-state index in [9.17, 15) is 49.8 Å². The number of cyclic esters (lactones) is 1. The highest BCUT2D eigenvalue weighted by molar-refractivity contribution is 6.30. The maximum Gasteiger partial charge on any atom is 0.329 e. The fourth-order valence-corrected chi connectivity index (χ4v) is 11.0. The van der Waals surface area contributed by atoms with Gasteiger partial charge in [0.2, 0.25) is 35.4 Å². The molecule has 2 aliphatic heterocycles. The van der Waals surface area contributed by atoms with Gasteiger partial charge in [-0.3, -0.25) is 44.0 Å². The Morgan fingerprint density at radius 1 is 0.800 bits per heavy atom. The minimum absolute atomic E-state index is 0.0195. The standard InChI is InChI=1S/C56H74ClN9O14/c1-7-15-32-22-42-56(76)80-31(6)47(63-49(68)38(24-35-23-37(35)55(74)75)58-50(69)40-20-21-43(57)65(40)77)53(72)62-45(29(4)33-16-11-9-12-17-33)51(70)59-39(25-36-26-41(36)66(78)79)48(67)61-46(30(5)34-18-13-10-14-19-34)52(71)60-44(28(3)8-2)54(73)64(42)27-32/h7,9-21,28-32,35-39,41-42,44-47,55,74-75,77-79H,8,22-27H2,1-6H3,(H,58,69)(H,59,70)(H,60,71)(H,61,67)(H,62,72)(H,63,68)/b15-7+. The van der Waals surface area contributed by atoms with Crippen LogP contribution in [-0.2, 0) is 38.3 Å². The number of nitrogens with one attached hydrogen (secondary N) is 6. The second kappa shape index (κ2) is 26.6. The topological polar surface area (TPSA) is 331 Å². The van der Waals surface area contributed by atoms with Crippen LogP contribution in [-0.4, -0.2) is 155 Å². The van der Waals surface area contributed by atoms with Gasteiger partial charge in [-0.25, -0.2) is 4.79 Å². The number of aliphatic hydroxyl groups is 2. The van der Waals surface area contributed by atoms with Crippen LogP contribution in [0.4, 0.5) is 0 Å². The molecule has 434 valence electrons. The summed E-state index contributed by atoms with van der Waals surface area (Å²) in [5.74, 6) is -11.5. The number of aliphatic hydroxyl groups excluding tert-OH is 1. The molecule has 16 unspecified atom stereocenters.